The fraction of sp³-hybridized carbons (Fsp3) is 0.688. The second-order valence-corrected chi connectivity index (χ2v) is 6.72. The lowest BCUT2D eigenvalue weighted by Crippen LogP contribution is -2.48. The Bertz CT molecular complexity index is 451. The predicted molar refractivity (Wildman–Crippen MR) is 79.3 cm³/mol. The van der Waals surface area contributed by atoms with Crippen LogP contribution in [0.3, 0.4) is 0 Å². The largest absolute Gasteiger partial charge is 0.468 e. The smallest absolute Gasteiger partial charge is 0.227 e. The number of carbonyl (C=O) groups is 1. The van der Waals surface area contributed by atoms with Crippen molar-refractivity contribution in [2.24, 2.45) is 5.41 Å². The van der Waals surface area contributed by atoms with E-state index in [1.807, 2.05) is 31.7 Å². The van der Waals surface area contributed by atoms with Gasteiger partial charge in [-0.25, -0.2) is 0 Å². The summed E-state index contributed by atoms with van der Waals surface area (Å²) in [5.41, 5.74) is 0.920. The molecule has 1 aromatic heterocycles. The maximum atomic E-state index is 12.2. The molecule has 0 spiro atoms. The summed E-state index contributed by atoms with van der Waals surface area (Å²) in [5, 5.41) is 3.53. The van der Waals surface area contributed by atoms with Gasteiger partial charge in [0.15, 0.2) is 0 Å². The Morgan fingerprint density at radius 1 is 1.40 bits per heavy atom. The maximum absolute atomic E-state index is 12.2. The van der Waals surface area contributed by atoms with Crippen molar-refractivity contribution in [1.82, 2.24) is 10.2 Å². The lowest BCUT2D eigenvalue weighted by molar-refractivity contribution is -0.140. The Hall–Kier alpha value is -1.29. The number of hydrogen-bond acceptors (Lipinski definition) is 3. The van der Waals surface area contributed by atoms with Gasteiger partial charge in [0.25, 0.3) is 0 Å². The molecule has 2 heterocycles. The molecule has 2 rings (SSSR count). The van der Waals surface area contributed by atoms with Crippen LogP contribution in [-0.2, 0) is 11.3 Å². The minimum absolute atomic E-state index is 0.262. The first-order valence-electron chi connectivity index (χ1n) is 7.43. The summed E-state index contributed by atoms with van der Waals surface area (Å²) in [5.74, 6) is 1.27. The standard InChI is InChI=1S/C16H26N2O2/c1-12-7-10-20-14(12)11-17-13-5-8-18(9-6-13)15(19)16(2,3)4/h7,10,13,17H,5-6,8-9,11H2,1-4H3. The minimum atomic E-state index is -0.272. The summed E-state index contributed by atoms with van der Waals surface area (Å²) in [4.78, 5) is 14.2. The van der Waals surface area contributed by atoms with Crippen molar-refractivity contribution >= 4 is 5.91 Å². The predicted octanol–water partition coefficient (Wildman–Crippen LogP) is 2.71. The zero-order valence-corrected chi connectivity index (χ0v) is 13.0. The van der Waals surface area contributed by atoms with Gasteiger partial charge in [-0.2, -0.15) is 0 Å². The normalized spacial score (nSPS) is 17.5. The molecule has 0 aromatic carbocycles. The summed E-state index contributed by atoms with van der Waals surface area (Å²) in [6.45, 7) is 10.5. The highest BCUT2D eigenvalue weighted by Crippen LogP contribution is 2.21. The van der Waals surface area contributed by atoms with Gasteiger partial charge in [-0.05, 0) is 31.4 Å². The third kappa shape index (κ3) is 3.63. The molecular formula is C16H26N2O2. The quantitative estimate of drug-likeness (QED) is 0.924. The van der Waals surface area contributed by atoms with E-state index >= 15 is 0 Å². The van der Waals surface area contributed by atoms with E-state index in [0.29, 0.717) is 6.04 Å². The molecule has 0 bridgehead atoms. The molecule has 0 radical (unpaired) electrons. The Labute approximate surface area is 121 Å². The van der Waals surface area contributed by atoms with Crippen LogP contribution < -0.4 is 5.32 Å². The van der Waals surface area contributed by atoms with Gasteiger partial charge in [0.1, 0.15) is 5.76 Å². The summed E-state index contributed by atoms with van der Waals surface area (Å²) in [6.07, 6.45) is 3.76. The van der Waals surface area contributed by atoms with E-state index in [9.17, 15) is 4.79 Å². The first kappa shape index (κ1) is 15.1. The van der Waals surface area contributed by atoms with Crippen LogP contribution in [0.1, 0.15) is 44.9 Å². The molecule has 0 aliphatic carbocycles. The molecule has 1 amide bonds. The number of nitrogens with one attached hydrogen (secondary N) is 1. The van der Waals surface area contributed by atoms with Gasteiger partial charge in [-0.1, -0.05) is 20.8 Å². The Morgan fingerprint density at radius 2 is 2.05 bits per heavy atom. The highest BCUT2D eigenvalue weighted by atomic mass is 16.3. The number of aryl methyl sites for hydroxylation is 1. The van der Waals surface area contributed by atoms with Crippen LogP contribution in [0.15, 0.2) is 16.7 Å². The van der Waals surface area contributed by atoms with E-state index in [-0.39, 0.29) is 11.3 Å². The van der Waals surface area contributed by atoms with Gasteiger partial charge in [-0.15, -0.1) is 0 Å². The van der Waals surface area contributed by atoms with Crippen LogP contribution in [-0.4, -0.2) is 29.9 Å². The van der Waals surface area contributed by atoms with Crippen molar-refractivity contribution in [3.8, 4) is 0 Å². The molecule has 112 valence electrons. The highest BCUT2D eigenvalue weighted by molar-refractivity contribution is 5.81. The van der Waals surface area contributed by atoms with E-state index < -0.39 is 0 Å². The van der Waals surface area contributed by atoms with Crippen molar-refractivity contribution in [1.29, 1.82) is 0 Å². The minimum Gasteiger partial charge on any atom is -0.468 e. The van der Waals surface area contributed by atoms with Gasteiger partial charge in [0, 0.05) is 24.5 Å². The number of nitrogens with zero attached hydrogens (tertiary/aromatic N) is 1. The van der Waals surface area contributed by atoms with Crippen molar-refractivity contribution in [2.75, 3.05) is 13.1 Å². The lowest BCUT2D eigenvalue weighted by atomic mass is 9.93. The molecule has 20 heavy (non-hydrogen) atoms. The van der Waals surface area contributed by atoms with Crippen LogP contribution in [0, 0.1) is 12.3 Å². The molecule has 1 aromatic rings. The van der Waals surface area contributed by atoms with E-state index in [1.54, 1.807) is 6.26 Å². The SMILES string of the molecule is Cc1ccoc1CNC1CCN(C(=O)C(C)(C)C)CC1. The fourth-order valence-electron chi connectivity index (χ4n) is 2.58. The average molecular weight is 278 g/mol. The number of rotatable bonds is 3. The van der Waals surface area contributed by atoms with Gasteiger partial charge >= 0.3 is 0 Å². The van der Waals surface area contributed by atoms with E-state index in [1.165, 1.54) is 5.56 Å². The number of piperidine rings is 1. The first-order chi connectivity index (χ1) is 9.38. The third-order valence-corrected chi connectivity index (χ3v) is 3.94. The molecule has 4 nitrogen and oxygen atoms in total. The molecule has 1 aliphatic heterocycles. The van der Waals surface area contributed by atoms with Gasteiger partial charge in [0.05, 0.1) is 12.8 Å². The Balaban J connectivity index is 1.77. The van der Waals surface area contributed by atoms with Crippen molar-refractivity contribution < 1.29 is 9.21 Å². The zero-order valence-electron chi connectivity index (χ0n) is 13.0. The molecule has 0 saturated carbocycles. The zero-order chi connectivity index (χ0) is 14.8. The van der Waals surface area contributed by atoms with E-state index in [2.05, 4.69) is 12.2 Å². The Morgan fingerprint density at radius 3 is 2.55 bits per heavy atom. The number of carbonyl (C=O) groups excluding carboxylic acids is 1. The van der Waals surface area contributed by atoms with Crippen LogP contribution in [0.5, 0.6) is 0 Å². The first-order valence-corrected chi connectivity index (χ1v) is 7.43. The highest BCUT2D eigenvalue weighted by Gasteiger charge is 2.30. The number of likely N-dealkylation sites (tertiary alicyclic amines) is 1. The second-order valence-electron chi connectivity index (χ2n) is 6.72. The second kappa shape index (κ2) is 6.00. The topological polar surface area (TPSA) is 45.5 Å². The molecule has 4 heteroatoms. The average Bonchev–Trinajstić information content (AvgIpc) is 2.81. The van der Waals surface area contributed by atoms with Crippen LogP contribution >= 0.6 is 0 Å². The molecule has 1 saturated heterocycles. The van der Waals surface area contributed by atoms with Crippen molar-refractivity contribution in [2.45, 2.75) is 53.1 Å². The van der Waals surface area contributed by atoms with Crippen molar-refractivity contribution in [3.63, 3.8) is 0 Å². The summed E-state index contributed by atoms with van der Waals surface area (Å²) >= 11 is 0. The van der Waals surface area contributed by atoms with E-state index in [0.717, 1.165) is 38.2 Å². The summed E-state index contributed by atoms with van der Waals surface area (Å²) in [6, 6.07) is 2.46. The third-order valence-electron chi connectivity index (χ3n) is 3.94. The molecule has 1 N–H and O–H groups in total. The number of amides is 1. The fourth-order valence-corrected chi connectivity index (χ4v) is 2.58. The molecule has 1 aliphatic rings. The van der Waals surface area contributed by atoms with Crippen LogP contribution in [0.4, 0.5) is 0 Å². The number of hydrogen-bond donors (Lipinski definition) is 1. The monoisotopic (exact) mass is 278 g/mol. The van der Waals surface area contributed by atoms with Gasteiger partial charge < -0.3 is 14.6 Å². The molecule has 1 fully saturated rings. The summed E-state index contributed by atoms with van der Waals surface area (Å²) in [7, 11) is 0. The van der Waals surface area contributed by atoms with Crippen molar-refractivity contribution in [3.05, 3.63) is 23.7 Å². The number of furan rings is 1. The lowest BCUT2D eigenvalue weighted by Gasteiger charge is -2.36. The maximum Gasteiger partial charge on any atom is 0.227 e. The molecule has 0 atom stereocenters. The Kier molecular flexibility index (Phi) is 4.53. The van der Waals surface area contributed by atoms with Gasteiger partial charge in [0.2, 0.25) is 5.91 Å². The molecule has 0 unspecified atom stereocenters. The van der Waals surface area contributed by atoms with Gasteiger partial charge in [-0.3, -0.25) is 4.79 Å². The molecular weight excluding hydrogens is 252 g/mol. The van der Waals surface area contributed by atoms with E-state index in [4.69, 9.17) is 4.42 Å². The van der Waals surface area contributed by atoms with Crippen LogP contribution in [0.25, 0.3) is 0 Å². The van der Waals surface area contributed by atoms with Crippen LogP contribution in [0.2, 0.25) is 0 Å². The summed E-state index contributed by atoms with van der Waals surface area (Å²) < 4.78 is 5.43.